The zero-order valence-electron chi connectivity index (χ0n) is 15.3. The molecule has 142 valence electrons. The van der Waals surface area contributed by atoms with E-state index in [4.69, 9.17) is 0 Å². The molecular formula is C22H19BrN2O3. The van der Waals surface area contributed by atoms with Gasteiger partial charge >= 0.3 is 0 Å². The summed E-state index contributed by atoms with van der Waals surface area (Å²) in [7, 11) is 0. The monoisotopic (exact) mass is 438 g/mol. The quantitative estimate of drug-likeness (QED) is 0.429. The molecule has 0 fully saturated rings. The van der Waals surface area contributed by atoms with Crippen molar-refractivity contribution in [2.45, 2.75) is 19.4 Å². The molecule has 4 rings (SSSR count). The number of benzene rings is 3. The Morgan fingerprint density at radius 1 is 1.11 bits per heavy atom. The van der Waals surface area contributed by atoms with E-state index in [9.17, 15) is 15.2 Å². The maximum atomic E-state index is 11.4. The van der Waals surface area contributed by atoms with Gasteiger partial charge in [-0.05, 0) is 54.3 Å². The molecule has 0 aliphatic carbocycles. The molecule has 0 aromatic heterocycles. The predicted octanol–water partition coefficient (Wildman–Crippen LogP) is 5.52. The summed E-state index contributed by atoms with van der Waals surface area (Å²) in [5, 5.41) is 22.0. The van der Waals surface area contributed by atoms with Crippen molar-refractivity contribution in [3.63, 3.8) is 0 Å². The molecule has 1 heterocycles. The molecule has 0 radical (unpaired) electrons. The molecular weight excluding hydrogens is 420 g/mol. The Morgan fingerprint density at radius 3 is 2.64 bits per heavy atom. The van der Waals surface area contributed by atoms with Crippen molar-refractivity contribution in [2.24, 2.45) is 0 Å². The van der Waals surface area contributed by atoms with E-state index >= 15 is 0 Å². The molecule has 0 saturated carbocycles. The third-order valence-electron chi connectivity index (χ3n) is 5.28. The van der Waals surface area contributed by atoms with Crippen LogP contribution < -0.4 is 4.90 Å². The van der Waals surface area contributed by atoms with E-state index in [1.54, 1.807) is 0 Å². The van der Waals surface area contributed by atoms with E-state index in [0.29, 0.717) is 5.56 Å². The van der Waals surface area contributed by atoms with Gasteiger partial charge in [0.2, 0.25) is 0 Å². The Kier molecular flexibility index (Phi) is 4.81. The number of aromatic hydroxyl groups is 1. The molecule has 28 heavy (non-hydrogen) atoms. The highest BCUT2D eigenvalue weighted by molar-refractivity contribution is 9.10. The molecule has 1 aliphatic rings. The molecule has 5 nitrogen and oxygen atoms in total. The summed E-state index contributed by atoms with van der Waals surface area (Å²) in [6, 6.07) is 18.1. The summed E-state index contributed by atoms with van der Waals surface area (Å²) >= 11 is 3.53. The molecule has 6 heteroatoms. The molecule has 0 saturated heterocycles. The Bertz CT molecular complexity index is 1070. The number of hydrogen-bond donors (Lipinski definition) is 1. The van der Waals surface area contributed by atoms with Crippen LogP contribution in [0.1, 0.15) is 28.3 Å². The lowest BCUT2D eigenvalue weighted by Crippen LogP contribution is -2.28. The van der Waals surface area contributed by atoms with Crippen LogP contribution >= 0.6 is 15.9 Å². The summed E-state index contributed by atoms with van der Waals surface area (Å²) in [4.78, 5) is 13.2. The average molecular weight is 439 g/mol. The lowest BCUT2D eigenvalue weighted by molar-refractivity contribution is -0.384. The summed E-state index contributed by atoms with van der Waals surface area (Å²) in [6.45, 7) is 2.79. The minimum absolute atomic E-state index is 0.0263. The first-order valence-electron chi connectivity index (χ1n) is 9.03. The normalized spacial score (nSPS) is 14.0. The number of aryl methyl sites for hydroxylation is 1. The molecule has 1 unspecified atom stereocenters. The minimum atomic E-state index is -0.424. The Hall–Kier alpha value is -2.86. The second-order valence-corrected chi connectivity index (χ2v) is 7.89. The van der Waals surface area contributed by atoms with Gasteiger partial charge < -0.3 is 10.0 Å². The standard InChI is InChI=1S/C22H19BrN2O3/c1-14-4-2-3-5-18(14)22(19-13-17(25(27)28)7-9-21(19)26)24-11-10-15-12-16(23)6-8-20(15)24/h2-9,12-13,22,26H,10-11H2,1H3. The van der Waals surface area contributed by atoms with Crippen molar-refractivity contribution in [2.75, 3.05) is 11.4 Å². The van der Waals surface area contributed by atoms with E-state index in [1.165, 1.54) is 23.8 Å². The largest absolute Gasteiger partial charge is 0.508 e. The first-order valence-corrected chi connectivity index (χ1v) is 9.83. The summed E-state index contributed by atoms with van der Waals surface area (Å²) < 4.78 is 1.03. The van der Waals surface area contributed by atoms with Gasteiger partial charge in [0, 0.05) is 34.4 Å². The van der Waals surface area contributed by atoms with Crippen molar-refractivity contribution < 1.29 is 10.0 Å². The number of hydrogen-bond acceptors (Lipinski definition) is 4. The molecule has 3 aromatic carbocycles. The number of anilines is 1. The van der Waals surface area contributed by atoms with Gasteiger partial charge in [-0.25, -0.2) is 0 Å². The van der Waals surface area contributed by atoms with Gasteiger partial charge in [0.15, 0.2) is 0 Å². The van der Waals surface area contributed by atoms with Gasteiger partial charge in [0.05, 0.1) is 11.0 Å². The van der Waals surface area contributed by atoms with E-state index in [-0.39, 0.29) is 17.5 Å². The fourth-order valence-corrected chi connectivity index (χ4v) is 4.34. The lowest BCUT2D eigenvalue weighted by atomic mass is 9.92. The number of nitro benzene ring substituents is 1. The van der Waals surface area contributed by atoms with Crippen LogP contribution in [0, 0.1) is 17.0 Å². The Labute approximate surface area is 171 Å². The second-order valence-electron chi connectivity index (χ2n) is 6.98. The molecule has 1 atom stereocenters. The first-order chi connectivity index (χ1) is 13.5. The minimum Gasteiger partial charge on any atom is -0.508 e. The summed E-state index contributed by atoms with van der Waals surface area (Å²) in [6.07, 6.45) is 0.882. The molecule has 1 N–H and O–H groups in total. The van der Waals surface area contributed by atoms with Crippen LogP contribution in [0.25, 0.3) is 0 Å². The van der Waals surface area contributed by atoms with Crippen LogP contribution in [-0.4, -0.2) is 16.6 Å². The number of rotatable bonds is 4. The van der Waals surface area contributed by atoms with Crippen molar-refractivity contribution in [3.8, 4) is 5.75 Å². The van der Waals surface area contributed by atoms with Crippen molar-refractivity contribution in [3.05, 3.63) is 97.5 Å². The molecule has 0 spiro atoms. The van der Waals surface area contributed by atoms with Gasteiger partial charge in [0.1, 0.15) is 5.75 Å². The van der Waals surface area contributed by atoms with E-state index in [0.717, 1.165) is 34.3 Å². The summed E-state index contributed by atoms with van der Waals surface area (Å²) in [5.74, 6) is 0.0596. The van der Waals surface area contributed by atoms with E-state index in [1.807, 2.05) is 37.3 Å². The fraction of sp³-hybridized carbons (Fsp3) is 0.182. The first kappa shape index (κ1) is 18.5. The van der Waals surface area contributed by atoms with Gasteiger partial charge in [-0.2, -0.15) is 0 Å². The van der Waals surface area contributed by atoms with Gasteiger partial charge in [-0.1, -0.05) is 40.2 Å². The topological polar surface area (TPSA) is 66.6 Å². The van der Waals surface area contributed by atoms with Crippen LogP contribution in [-0.2, 0) is 6.42 Å². The van der Waals surface area contributed by atoms with Crippen LogP contribution in [0.3, 0.4) is 0 Å². The zero-order valence-corrected chi connectivity index (χ0v) is 16.9. The maximum Gasteiger partial charge on any atom is 0.270 e. The van der Waals surface area contributed by atoms with Crippen molar-refractivity contribution in [1.29, 1.82) is 0 Å². The van der Waals surface area contributed by atoms with E-state index in [2.05, 4.69) is 33.0 Å². The number of phenols is 1. The third-order valence-corrected chi connectivity index (χ3v) is 5.78. The van der Waals surface area contributed by atoms with Gasteiger partial charge in [-0.15, -0.1) is 0 Å². The predicted molar refractivity (Wildman–Crippen MR) is 113 cm³/mol. The number of nitrogens with zero attached hydrogens (tertiary/aromatic N) is 2. The Morgan fingerprint density at radius 2 is 1.89 bits per heavy atom. The Balaban J connectivity index is 1.92. The highest BCUT2D eigenvalue weighted by atomic mass is 79.9. The highest BCUT2D eigenvalue weighted by Gasteiger charge is 2.32. The molecule has 3 aromatic rings. The van der Waals surface area contributed by atoms with Gasteiger partial charge in [0.25, 0.3) is 5.69 Å². The zero-order chi connectivity index (χ0) is 19.8. The maximum absolute atomic E-state index is 11.4. The number of phenolic OH excluding ortho intramolecular Hbond substituents is 1. The van der Waals surface area contributed by atoms with Crippen LogP contribution in [0.15, 0.2) is 65.1 Å². The number of fused-ring (bicyclic) bond motifs is 1. The van der Waals surface area contributed by atoms with Crippen LogP contribution in [0.4, 0.5) is 11.4 Å². The molecule has 0 amide bonds. The number of non-ortho nitro benzene ring substituents is 1. The lowest BCUT2D eigenvalue weighted by Gasteiger charge is -2.32. The van der Waals surface area contributed by atoms with E-state index < -0.39 is 4.92 Å². The molecule has 0 bridgehead atoms. The average Bonchev–Trinajstić information content (AvgIpc) is 3.07. The summed E-state index contributed by atoms with van der Waals surface area (Å²) in [5.41, 5.74) is 4.92. The smallest absolute Gasteiger partial charge is 0.270 e. The number of halogens is 1. The number of nitro groups is 1. The van der Waals surface area contributed by atoms with Crippen molar-refractivity contribution >= 4 is 27.3 Å². The van der Waals surface area contributed by atoms with Crippen molar-refractivity contribution in [1.82, 2.24) is 0 Å². The SMILES string of the molecule is Cc1ccccc1C(c1cc([N+](=O)[O-])ccc1O)N1CCc2cc(Br)ccc21. The van der Waals surface area contributed by atoms with Gasteiger partial charge in [-0.3, -0.25) is 10.1 Å². The second kappa shape index (κ2) is 7.28. The molecule has 1 aliphatic heterocycles. The third kappa shape index (κ3) is 3.24. The van der Waals surface area contributed by atoms with Crippen LogP contribution in [0.2, 0.25) is 0 Å². The fourth-order valence-electron chi connectivity index (χ4n) is 3.94. The highest BCUT2D eigenvalue weighted by Crippen LogP contribution is 2.43. The van der Waals surface area contributed by atoms with Crippen LogP contribution in [0.5, 0.6) is 5.75 Å².